The number of rotatable bonds is 3. The fourth-order valence-corrected chi connectivity index (χ4v) is 4.54. The number of benzene rings is 2. The number of carbonyl (C=O) groups is 1. The largest absolute Gasteiger partial charge is 0.304 e. The van der Waals surface area contributed by atoms with Crippen LogP contribution in [0.25, 0.3) is 0 Å². The lowest BCUT2D eigenvalue weighted by Crippen LogP contribution is -2.52. The van der Waals surface area contributed by atoms with Crippen LogP contribution in [0.5, 0.6) is 0 Å². The first kappa shape index (κ1) is 27.5. The van der Waals surface area contributed by atoms with Gasteiger partial charge in [-0.2, -0.15) is 8.42 Å². The Balaban J connectivity index is 0.000000617. The number of fused-ring (bicyclic) bond motifs is 3. The van der Waals surface area contributed by atoms with Crippen LogP contribution in [0.1, 0.15) is 11.1 Å². The summed E-state index contributed by atoms with van der Waals surface area (Å²) in [5.41, 5.74) is 2.09. The molecule has 1 saturated heterocycles. The summed E-state index contributed by atoms with van der Waals surface area (Å²) in [6, 6.07) is 11.5. The van der Waals surface area contributed by atoms with Gasteiger partial charge in [0.1, 0.15) is 0 Å². The molecule has 14 heteroatoms. The normalized spacial score (nSPS) is 20.0. The van der Waals surface area contributed by atoms with E-state index in [1.54, 1.807) is 24.3 Å². The van der Waals surface area contributed by atoms with Crippen molar-refractivity contribution in [3.8, 4) is 0 Å². The van der Waals surface area contributed by atoms with Crippen molar-refractivity contribution in [1.29, 1.82) is 0 Å². The van der Waals surface area contributed by atoms with Crippen LogP contribution in [0.2, 0.25) is 5.02 Å². The van der Waals surface area contributed by atoms with Crippen LogP contribution in [0.3, 0.4) is 0 Å². The van der Waals surface area contributed by atoms with E-state index < -0.39 is 21.2 Å². The number of carbonyl (C=O) groups excluding carboxylic acids is 1. The number of halogens is 1. The predicted molar refractivity (Wildman–Crippen MR) is 145 cm³/mol. The van der Waals surface area contributed by atoms with E-state index in [2.05, 4.69) is 16.5 Å². The fraction of sp³-hybridized carbons (Fsp3) is 0.292. The Kier molecular flexibility index (Phi) is 7.76. The SMILES string of the molecule is C=C1N=C(c2ccccc2Cl)c2cc([N+](=O)[O-])ccc2N2C(=O)C(N3CCN(C)CC3)N=C12.CS(=O)(=O)O. The number of nitro benzene ring substituents is 1. The van der Waals surface area contributed by atoms with Gasteiger partial charge in [-0.3, -0.25) is 29.3 Å². The molecule has 0 aliphatic carbocycles. The Morgan fingerprint density at radius 2 is 1.76 bits per heavy atom. The van der Waals surface area contributed by atoms with E-state index in [4.69, 9.17) is 21.1 Å². The summed E-state index contributed by atoms with van der Waals surface area (Å²) in [7, 11) is -1.62. The molecule has 2 aromatic carbocycles. The zero-order valence-corrected chi connectivity index (χ0v) is 22.2. The minimum atomic E-state index is -3.67. The molecule has 3 heterocycles. The lowest BCUT2D eigenvalue weighted by atomic mass is 9.99. The molecule has 200 valence electrons. The third-order valence-corrected chi connectivity index (χ3v) is 6.43. The van der Waals surface area contributed by atoms with Gasteiger partial charge in [0.15, 0.2) is 12.0 Å². The standard InChI is InChI=1S/C23H21ClN6O3.CH4O3S/c1-14-21-26-22(28-11-9-27(2)10-12-28)23(31)29(21)19-8-7-15(30(32)33)13-17(19)20(25-14)16-5-3-4-6-18(16)24;1-5(2,3)4/h3-8,13,22H,1,9-12H2,2H3;1H3,(H,2,3,4). The minimum absolute atomic E-state index is 0.109. The van der Waals surface area contributed by atoms with E-state index in [9.17, 15) is 23.3 Å². The number of nitrogens with zero attached hydrogens (tertiary/aromatic N) is 6. The van der Waals surface area contributed by atoms with Gasteiger partial charge in [-0.15, -0.1) is 0 Å². The van der Waals surface area contributed by atoms with Gasteiger partial charge in [-0.25, -0.2) is 9.98 Å². The van der Waals surface area contributed by atoms with Gasteiger partial charge in [-0.1, -0.05) is 36.4 Å². The van der Waals surface area contributed by atoms with Crippen LogP contribution in [0, 0.1) is 10.1 Å². The topological polar surface area (TPSA) is 149 Å². The number of amidine groups is 1. The number of aliphatic imine (C=N–C) groups is 2. The average Bonchev–Trinajstić information content (AvgIpc) is 3.13. The van der Waals surface area contributed by atoms with E-state index in [0.717, 1.165) is 13.1 Å². The van der Waals surface area contributed by atoms with Crippen LogP contribution in [0.4, 0.5) is 11.4 Å². The number of hydrogen-bond acceptors (Lipinski definition) is 9. The van der Waals surface area contributed by atoms with Crippen LogP contribution < -0.4 is 4.90 Å². The van der Waals surface area contributed by atoms with Crippen LogP contribution in [0.15, 0.2) is 64.7 Å². The minimum Gasteiger partial charge on any atom is -0.304 e. The van der Waals surface area contributed by atoms with Crippen LogP contribution >= 0.6 is 11.6 Å². The van der Waals surface area contributed by atoms with Gasteiger partial charge in [0.25, 0.3) is 21.7 Å². The van der Waals surface area contributed by atoms with Crippen molar-refractivity contribution >= 4 is 50.5 Å². The van der Waals surface area contributed by atoms with Crippen LogP contribution in [-0.2, 0) is 14.9 Å². The number of piperazine rings is 1. The third kappa shape index (κ3) is 5.81. The Morgan fingerprint density at radius 3 is 2.37 bits per heavy atom. The maximum absolute atomic E-state index is 13.6. The first-order chi connectivity index (χ1) is 17.8. The molecule has 0 aromatic heterocycles. The highest BCUT2D eigenvalue weighted by atomic mass is 35.5. The third-order valence-electron chi connectivity index (χ3n) is 6.10. The highest BCUT2D eigenvalue weighted by Crippen LogP contribution is 2.37. The molecule has 12 nitrogen and oxygen atoms in total. The molecular weight excluding hydrogens is 536 g/mol. The molecule has 2 aromatic rings. The number of hydrogen-bond donors (Lipinski definition) is 1. The van der Waals surface area contributed by atoms with Crippen molar-refractivity contribution in [3.05, 3.63) is 81.0 Å². The Bertz CT molecular complexity index is 1470. The second-order valence-electron chi connectivity index (χ2n) is 8.92. The van der Waals surface area contributed by atoms with Crippen molar-refractivity contribution in [1.82, 2.24) is 9.80 Å². The Morgan fingerprint density at radius 1 is 1.13 bits per heavy atom. The smallest absolute Gasteiger partial charge is 0.272 e. The number of nitro groups is 1. The molecule has 3 aliphatic rings. The monoisotopic (exact) mass is 560 g/mol. The van der Waals surface area contributed by atoms with E-state index in [0.29, 0.717) is 58.4 Å². The maximum Gasteiger partial charge on any atom is 0.272 e. The quantitative estimate of drug-likeness (QED) is 0.342. The molecular formula is C24H25ClN6O6S. The van der Waals surface area contributed by atoms with Gasteiger partial charge < -0.3 is 4.90 Å². The first-order valence-corrected chi connectivity index (χ1v) is 13.7. The summed E-state index contributed by atoms with van der Waals surface area (Å²) in [5, 5.41) is 12.0. The zero-order chi connectivity index (χ0) is 27.8. The maximum atomic E-state index is 13.6. The molecule has 1 atom stereocenters. The second-order valence-corrected chi connectivity index (χ2v) is 10.8. The molecule has 1 fully saturated rings. The Hall–Kier alpha value is -3.49. The molecule has 38 heavy (non-hydrogen) atoms. The summed E-state index contributed by atoms with van der Waals surface area (Å²) in [6.45, 7) is 7.18. The van der Waals surface area contributed by atoms with Crippen molar-refractivity contribution < 1.29 is 22.7 Å². The first-order valence-electron chi connectivity index (χ1n) is 11.4. The lowest BCUT2D eigenvalue weighted by Gasteiger charge is -2.34. The van der Waals surface area contributed by atoms with Crippen molar-refractivity contribution in [3.63, 3.8) is 0 Å². The second kappa shape index (κ2) is 10.7. The molecule has 0 bridgehead atoms. The molecule has 0 radical (unpaired) electrons. The van der Waals surface area contributed by atoms with Crippen molar-refractivity contribution in [2.45, 2.75) is 6.17 Å². The summed E-state index contributed by atoms with van der Waals surface area (Å²) < 4.78 is 25.9. The fourth-order valence-electron chi connectivity index (χ4n) is 4.32. The molecule has 0 saturated carbocycles. The number of likely N-dealkylation sites (N-methyl/N-ethyl adjacent to an activating group) is 1. The van der Waals surface area contributed by atoms with E-state index >= 15 is 0 Å². The number of anilines is 1. The van der Waals surface area contributed by atoms with Gasteiger partial charge in [0.2, 0.25) is 0 Å². The zero-order valence-electron chi connectivity index (χ0n) is 20.6. The van der Waals surface area contributed by atoms with Gasteiger partial charge >= 0.3 is 0 Å². The lowest BCUT2D eigenvalue weighted by molar-refractivity contribution is -0.384. The van der Waals surface area contributed by atoms with E-state index in [1.807, 2.05) is 18.0 Å². The summed E-state index contributed by atoms with van der Waals surface area (Å²) in [5.74, 6) is 0.127. The molecule has 1 amide bonds. The number of non-ortho nitro benzene ring substituents is 1. The molecule has 1 N–H and O–H groups in total. The van der Waals surface area contributed by atoms with Crippen molar-refractivity contribution in [2.24, 2.45) is 9.98 Å². The summed E-state index contributed by atoms with van der Waals surface area (Å²) in [6.07, 6.45) is 0.0399. The van der Waals surface area contributed by atoms with Crippen LogP contribution in [-0.4, -0.2) is 90.8 Å². The highest BCUT2D eigenvalue weighted by Gasteiger charge is 2.43. The number of amides is 1. The average molecular weight is 561 g/mol. The molecule has 1 unspecified atom stereocenters. The predicted octanol–water partition coefficient (Wildman–Crippen LogP) is 2.44. The molecule has 3 aliphatic heterocycles. The Labute approximate surface area is 224 Å². The van der Waals surface area contributed by atoms with Crippen molar-refractivity contribution in [2.75, 3.05) is 44.4 Å². The molecule has 0 spiro atoms. The molecule has 5 rings (SSSR count). The van der Waals surface area contributed by atoms with E-state index in [-0.39, 0.29) is 11.6 Å². The van der Waals surface area contributed by atoms with Gasteiger partial charge in [-0.05, 0) is 19.2 Å². The van der Waals surface area contributed by atoms with Gasteiger partial charge in [0, 0.05) is 54.5 Å². The van der Waals surface area contributed by atoms with Gasteiger partial charge in [0.05, 0.1) is 28.3 Å². The highest BCUT2D eigenvalue weighted by molar-refractivity contribution is 7.85. The summed E-state index contributed by atoms with van der Waals surface area (Å²) >= 11 is 6.45. The summed E-state index contributed by atoms with van der Waals surface area (Å²) in [4.78, 5) is 39.8. The van der Waals surface area contributed by atoms with E-state index in [1.165, 1.54) is 17.0 Å².